The Labute approximate surface area is 155 Å². The largest absolute Gasteiger partial charge is 0.367 e. The molecule has 1 aliphatic rings. The van der Waals surface area contributed by atoms with Crippen LogP contribution in [0.15, 0.2) is 47.1 Å². The molecule has 0 saturated heterocycles. The number of nitrogens with zero attached hydrogens (tertiary/aromatic N) is 2. The van der Waals surface area contributed by atoms with Gasteiger partial charge in [-0.25, -0.2) is 4.98 Å². The predicted octanol–water partition coefficient (Wildman–Crippen LogP) is 6.16. The maximum Gasteiger partial charge on any atom is 0.140 e. The quantitative estimate of drug-likeness (QED) is 0.529. The number of imidazole rings is 1. The summed E-state index contributed by atoms with van der Waals surface area (Å²) < 4.78 is 3.16. The molecule has 1 saturated carbocycles. The lowest BCUT2D eigenvalue weighted by atomic mass is 9.95. The minimum absolute atomic E-state index is 0.511. The molecule has 0 unspecified atom stereocenters. The number of hydrogen-bond acceptors (Lipinski definition) is 2. The molecule has 1 aromatic carbocycles. The maximum absolute atomic E-state index is 6.05. The Morgan fingerprint density at radius 2 is 1.79 bits per heavy atom. The number of hydrogen-bond donors (Lipinski definition) is 1. The molecule has 1 aliphatic carbocycles. The van der Waals surface area contributed by atoms with Crippen LogP contribution in [-0.4, -0.2) is 15.4 Å². The molecule has 0 spiro atoms. The van der Waals surface area contributed by atoms with Gasteiger partial charge in [0.15, 0.2) is 0 Å². The Kier molecular flexibility index (Phi) is 4.51. The molecule has 1 N–H and O–H groups in total. The van der Waals surface area contributed by atoms with Gasteiger partial charge in [-0.15, -0.1) is 0 Å². The first-order chi connectivity index (χ1) is 11.7. The average molecular weight is 405 g/mol. The van der Waals surface area contributed by atoms with Crippen LogP contribution < -0.4 is 5.32 Å². The molecule has 124 valence electrons. The monoisotopic (exact) mass is 403 g/mol. The molecule has 2 heterocycles. The van der Waals surface area contributed by atoms with Crippen molar-refractivity contribution in [1.29, 1.82) is 0 Å². The summed E-state index contributed by atoms with van der Waals surface area (Å²) in [7, 11) is 0. The second-order valence-corrected chi connectivity index (χ2v) is 7.59. The van der Waals surface area contributed by atoms with Crippen LogP contribution in [0.25, 0.3) is 16.9 Å². The fourth-order valence-corrected chi connectivity index (χ4v) is 4.07. The number of rotatable bonds is 3. The summed E-state index contributed by atoms with van der Waals surface area (Å²) >= 11 is 9.72. The molecule has 5 heteroatoms. The first kappa shape index (κ1) is 16.0. The molecule has 1 fully saturated rings. The molecule has 4 rings (SSSR count). The van der Waals surface area contributed by atoms with Crippen LogP contribution in [0.1, 0.15) is 32.1 Å². The minimum atomic E-state index is 0.511. The van der Waals surface area contributed by atoms with Crippen LogP contribution in [0.3, 0.4) is 0 Å². The molecular weight excluding hydrogens is 386 g/mol. The predicted molar refractivity (Wildman–Crippen MR) is 104 cm³/mol. The molecule has 0 amide bonds. The highest BCUT2D eigenvalue weighted by molar-refractivity contribution is 9.10. The highest BCUT2D eigenvalue weighted by atomic mass is 79.9. The zero-order chi connectivity index (χ0) is 16.5. The summed E-state index contributed by atoms with van der Waals surface area (Å²) in [6, 6.07) is 14.5. The van der Waals surface area contributed by atoms with Gasteiger partial charge in [0.1, 0.15) is 17.2 Å². The second kappa shape index (κ2) is 6.77. The van der Waals surface area contributed by atoms with Gasteiger partial charge in [-0.05, 0) is 53.0 Å². The SMILES string of the molecule is Clc1ccc(-c2nc3cccc(Br)n3c2NC2CCCCC2)cc1. The van der Waals surface area contributed by atoms with E-state index in [2.05, 4.69) is 25.6 Å². The Morgan fingerprint density at radius 3 is 2.54 bits per heavy atom. The van der Waals surface area contributed by atoms with Crippen molar-refractivity contribution in [2.75, 3.05) is 5.32 Å². The summed E-state index contributed by atoms with van der Waals surface area (Å²) in [5.74, 6) is 1.06. The van der Waals surface area contributed by atoms with Crippen LogP contribution in [0.4, 0.5) is 5.82 Å². The van der Waals surface area contributed by atoms with E-state index >= 15 is 0 Å². The zero-order valence-electron chi connectivity index (χ0n) is 13.3. The lowest BCUT2D eigenvalue weighted by Crippen LogP contribution is -2.23. The number of pyridine rings is 1. The van der Waals surface area contributed by atoms with Crippen LogP contribution in [0, 0.1) is 0 Å². The summed E-state index contributed by atoms with van der Waals surface area (Å²) in [4.78, 5) is 4.87. The number of aromatic nitrogens is 2. The van der Waals surface area contributed by atoms with Crippen molar-refractivity contribution in [3.63, 3.8) is 0 Å². The number of fused-ring (bicyclic) bond motifs is 1. The Balaban J connectivity index is 1.83. The van der Waals surface area contributed by atoms with Crippen molar-refractivity contribution in [1.82, 2.24) is 9.38 Å². The zero-order valence-corrected chi connectivity index (χ0v) is 15.6. The normalized spacial score (nSPS) is 15.8. The summed E-state index contributed by atoms with van der Waals surface area (Å²) in [6.07, 6.45) is 6.38. The van der Waals surface area contributed by atoms with Gasteiger partial charge < -0.3 is 5.32 Å². The lowest BCUT2D eigenvalue weighted by Gasteiger charge is -2.24. The highest BCUT2D eigenvalue weighted by Crippen LogP contribution is 2.34. The molecule has 24 heavy (non-hydrogen) atoms. The smallest absolute Gasteiger partial charge is 0.140 e. The third-order valence-electron chi connectivity index (χ3n) is 4.66. The number of halogens is 2. The van der Waals surface area contributed by atoms with Gasteiger partial charge >= 0.3 is 0 Å². The van der Waals surface area contributed by atoms with E-state index < -0.39 is 0 Å². The van der Waals surface area contributed by atoms with Gasteiger partial charge in [0.2, 0.25) is 0 Å². The van der Waals surface area contributed by atoms with Gasteiger partial charge in [-0.1, -0.05) is 49.1 Å². The highest BCUT2D eigenvalue weighted by Gasteiger charge is 2.20. The van der Waals surface area contributed by atoms with E-state index in [-0.39, 0.29) is 0 Å². The van der Waals surface area contributed by atoms with Gasteiger partial charge in [-0.2, -0.15) is 0 Å². The maximum atomic E-state index is 6.05. The molecule has 3 aromatic rings. The summed E-state index contributed by atoms with van der Waals surface area (Å²) in [6.45, 7) is 0. The molecule has 3 nitrogen and oxygen atoms in total. The average Bonchev–Trinajstić information content (AvgIpc) is 2.96. The van der Waals surface area contributed by atoms with Crippen LogP contribution in [-0.2, 0) is 0 Å². The standard InChI is InChI=1S/C19H19BrClN3/c20-16-7-4-8-17-23-18(13-9-11-14(21)12-10-13)19(24(16)17)22-15-5-2-1-3-6-15/h4,7-12,15,22H,1-3,5-6H2. The lowest BCUT2D eigenvalue weighted by molar-refractivity contribution is 0.461. The molecule has 2 aromatic heterocycles. The third-order valence-corrected chi connectivity index (χ3v) is 5.53. The number of nitrogens with one attached hydrogen (secondary N) is 1. The van der Waals surface area contributed by atoms with Gasteiger partial charge in [0.25, 0.3) is 0 Å². The van der Waals surface area contributed by atoms with E-state index in [4.69, 9.17) is 16.6 Å². The third kappa shape index (κ3) is 3.05. The van der Waals surface area contributed by atoms with Crippen molar-refractivity contribution in [2.45, 2.75) is 38.1 Å². The van der Waals surface area contributed by atoms with Crippen LogP contribution in [0.2, 0.25) is 5.02 Å². The first-order valence-corrected chi connectivity index (χ1v) is 9.59. The van der Waals surface area contributed by atoms with Crippen molar-refractivity contribution >= 4 is 39.0 Å². The van der Waals surface area contributed by atoms with Crippen molar-refractivity contribution in [2.24, 2.45) is 0 Å². The summed E-state index contributed by atoms with van der Waals surface area (Å²) in [5, 5.41) is 4.51. The Hall–Kier alpha value is -1.52. The Morgan fingerprint density at radius 1 is 1.04 bits per heavy atom. The van der Waals surface area contributed by atoms with Crippen molar-refractivity contribution < 1.29 is 0 Å². The fraction of sp³-hybridized carbons (Fsp3) is 0.316. The second-order valence-electron chi connectivity index (χ2n) is 6.34. The van der Waals surface area contributed by atoms with E-state index in [1.54, 1.807) is 0 Å². The molecular formula is C19H19BrClN3. The number of anilines is 1. The molecule has 0 bridgehead atoms. The van der Waals surface area contributed by atoms with Crippen LogP contribution >= 0.6 is 27.5 Å². The summed E-state index contributed by atoms with van der Waals surface area (Å²) in [5.41, 5.74) is 2.99. The first-order valence-electron chi connectivity index (χ1n) is 8.42. The number of benzene rings is 1. The molecule has 0 radical (unpaired) electrons. The topological polar surface area (TPSA) is 29.3 Å². The van der Waals surface area contributed by atoms with E-state index in [1.165, 1.54) is 32.1 Å². The van der Waals surface area contributed by atoms with Crippen LogP contribution in [0.5, 0.6) is 0 Å². The fourth-order valence-electron chi connectivity index (χ4n) is 3.44. The van der Waals surface area contributed by atoms with E-state index in [0.29, 0.717) is 6.04 Å². The van der Waals surface area contributed by atoms with E-state index in [0.717, 1.165) is 32.3 Å². The van der Waals surface area contributed by atoms with E-state index in [1.807, 2.05) is 42.5 Å². The van der Waals surface area contributed by atoms with Crippen molar-refractivity contribution in [3.8, 4) is 11.3 Å². The minimum Gasteiger partial charge on any atom is -0.367 e. The van der Waals surface area contributed by atoms with Crippen molar-refractivity contribution in [3.05, 3.63) is 52.1 Å². The van der Waals surface area contributed by atoms with E-state index in [9.17, 15) is 0 Å². The molecule has 0 atom stereocenters. The van der Waals surface area contributed by atoms with Gasteiger partial charge in [0.05, 0.1) is 4.60 Å². The molecule has 0 aliphatic heterocycles. The van der Waals surface area contributed by atoms with Gasteiger partial charge in [-0.3, -0.25) is 4.40 Å². The Bertz CT molecular complexity index is 851. The van der Waals surface area contributed by atoms with Gasteiger partial charge in [0, 0.05) is 16.6 Å².